The average Bonchev–Trinajstić information content (AvgIpc) is 2.26. The first-order valence-corrected chi connectivity index (χ1v) is 6.08. The lowest BCUT2D eigenvalue weighted by atomic mass is 9.83. The molecule has 15 heavy (non-hydrogen) atoms. The van der Waals surface area contributed by atoms with E-state index in [0.717, 1.165) is 29.3 Å². The van der Waals surface area contributed by atoms with Gasteiger partial charge >= 0.3 is 0 Å². The van der Waals surface area contributed by atoms with Gasteiger partial charge in [-0.25, -0.2) is 4.99 Å². The molecule has 1 aliphatic heterocycles. The van der Waals surface area contributed by atoms with Crippen LogP contribution >= 0.6 is 11.6 Å². The predicted molar refractivity (Wildman–Crippen MR) is 65.2 cm³/mol. The van der Waals surface area contributed by atoms with E-state index < -0.39 is 0 Å². The number of nitrogens with zero attached hydrogens (tertiary/aromatic N) is 1. The molecule has 0 aromatic carbocycles. The molecule has 2 rings (SSSR count). The van der Waals surface area contributed by atoms with Crippen molar-refractivity contribution < 1.29 is 0 Å². The van der Waals surface area contributed by atoms with E-state index in [9.17, 15) is 0 Å². The quantitative estimate of drug-likeness (QED) is 0.634. The molecule has 0 N–H and O–H groups in total. The van der Waals surface area contributed by atoms with Gasteiger partial charge in [-0.15, -0.1) is 0 Å². The molecular formula is C13H16ClN. The van der Waals surface area contributed by atoms with Gasteiger partial charge in [0.25, 0.3) is 0 Å². The van der Waals surface area contributed by atoms with E-state index in [4.69, 9.17) is 11.6 Å². The van der Waals surface area contributed by atoms with E-state index in [0.29, 0.717) is 5.92 Å². The van der Waals surface area contributed by atoms with Crippen LogP contribution in [0.4, 0.5) is 0 Å². The maximum atomic E-state index is 6.03. The molecular weight excluding hydrogens is 206 g/mol. The van der Waals surface area contributed by atoms with Crippen molar-refractivity contribution in [3.8, 4) is 0 Å². The first kappa shape index (κ1) is 10.7. The zero-order valence-corrected chi connectivity index (χ0v) is 9.85. The Morgan fingerprint density at radius 2 is 2.33 bits per heavy atom. The Hall–Kier alpha value is -0.780. The highest BCUT2D eigenvalue weighted by Gasteiger charge is 2.22. The van der Waals surface area contributed by atoms with Crippen LogP contribution in [-0.4, -0.2) is 5.71 Å². The first-order valence-electron chi connectivity index (χ1n) is 5.71. The van der Waals surface area contributed by atoms with Crippen LogP contribution in [0.5, 0.6) is 0 Å². The minimum absolute atomic E-state index is 0.629. The van der Waals surface area contributed by atoms with Gasteiger partial charge in [0.15, 0.2) is 0 Å². The van der Waals surface area contributed by atoms with E-state index in [1.54, 1.807) is 0 Å². The fraction of sp³-hybridized carbons (Fsp3) is 0.538. The summed E-state index contributed by atoms with van der Waals surface area (Å²) in [6.07, 6.45) is 9.77. The van der Waals surface area contributed by atoms with Gasteiger partial charge in [-0.3, -0.25) is 0 Å². The molecule has 0 bridgehead atoms. The Morgan fingerprint density at radius 1 is 1.53 bits per heavy atom. The molecule has 1 aliphatic carbocycles. The SMILES string of the molecule is CCCC1=NC(C2CCC2)=C=CC(Cl)=C1. The molecule has 0 atom stereocenters. The third kappa shape index (κ3) is 2.62. The van der Waals surface area contributed by atoms with Crippen molar-refractivity contribution in [1.82, 2.24) is 0 Å². The molecule has 1 nitrogen and oxygen atoms in total. The fourth-order valence-corrected chi connectivity index (χ4v) is 2.02. The summed E-state index contributed by atoms with van der Waals surface area (Å²) in [7, 11) is 0. The zero-order valence-electron chi connectivity index (χ0n) is 9.09. The molecule has 2 heteroatoms. The molecule has 1 heterocycles. The molecule has 0 unspecified atom stereocenters. The number of allylic oxidation sites excluding steroid dienone is 3. The number of halogens is 1. The second-order valence-corrected chi connectivity index (χ2v) is 4.62. The van der Waals surface area contributed by atoms with Crippen molar-refractivity contribution in [2.24, 2.45) is 10.9 Å². The highest BCUT2D eigenvalue weighted by Crippen LogP contribution is 2.34. The summed E-state index contributed by atoms with van der Waals surface area (Å²) in [4.78, 5) is 4.67. The lowest BCUT2D eigenvalue weighted by Crippen LogP contribution is -2.13. The van der Waals surface area contributed by atoms with Crippen LogP contribution in [0.3, 0.4) is 0 Å². The van der Waals surface area contributed by atoms with Crippen molar-refractivity contribution in [3.63, 3.8) is 0 Å². The summed E-state index contributed by atoms with van der Waals surface area (Å²) in [5, 5.41) is 0.747. The predicted octanol–water partition coefficient (Wildman–Crippen LogP) is 4.20. The van der Waals surface area contributed by atoms with E-state index >= 15 is 0 Å². The monoisotopic (exact) mass is 221 g/mol. The molecule has 80 valence electrons. The highest BCUT2D eigenvalue weighted by atomic mass is 35.5. The molecule has 2 aliphatic rings. The van der Waals surface area contributed by atoms with Gasteiger partial charge in [0, 0.05) is 17.7 Å². The summed E-state index contributed by atoms with van der Waals surface area (Å²) < 4.78 is 0. The van der Waals surface area contributed by atoms with Crippen LogP contribution in [0, 0.1) is 5.92 Å². The van der Waals surface area contributed by atoms with E-state index in [2.05, 4.69) is 17.6 Å². The van der Waals surface area contributed by atoms with E-state index in [1.807, 2.05) is 12.2 Å². The van der Waals surface area contributed by atoms with Gasteiger partial charge in [0.2, 0.25) is 0 Å². The second-order valence-electron chi connectivity index (χ2n) is 4.18. The standard InChI is InChI=1S/C13H16ClN/c1-2-4-12-9-11(14)7-8-13(15-12)10-5-3-6-10/h7,9-10H,2-6H2,1H3. The number of hydrogen-bond donors (Lipinski definition) is 0. The molecule has 0 saturated heterocycles. The molecule has 0 aromatic rings. The normalized spacial score (nSPS) is 21.3. The van der Waals surface area contributed by atoms with Crippen LogP contribution in [0.1, 0.15) is 39.0 Å². The molecule has 0 spiro atoms. The topological polar surface area (TPSA) is 12.4 Å². The highest BCUT2D eigenvalue weighted by molar-refractivity contribution is 6.33. The Bertz CT molecular complexity index is 366. The average molecular weight is 222 g/mol. The van der Waals surface area contributed by atoms with Crippen LogP contribution < -0.4 is 0 Å². The molecule has 1 fully saturated rings. The summed E-state index contributed by atoms with van der Waals surface area (Å²) in [6.45, 7) is 2.16. The Kier molecular flexibility index (Phi) is 3.45. The minimum Gasteiger partial charge on any atom is -0.249 e. The molecule has 0 radical (unpaired) electrons. The maximum absolute atomic E-state index is 6.03. The number of hydrogen-bond acceptors (Lipinski definition) is 1. The van der Waals surface area contributed by atoms with Crippen LogP contribution in [-0.2, 0) is 0 Å². The van der Waals surface area contributed by atoms with Crippen LogP contribution in [0.25, 0.3) is 0 Å². The zero-order chi connectivity index (χ0) is 10.7. The summed E-state index contributed by atoms with van der Waals surface area (Å²) in [5.41, 5.74) is 5.44. The van der Waals surface area contributed by atoms with Gasteiger partial charge in [-0.1, -0.05) is 37.1 Å². The van der Waals surface area contributed by atoms with E-state index in [-0.39, 0.29) is 0 Å². The molecule has 0 amide bonds. The Morgan fingerprint density at radius 3 is 2.93 bits per heavy atom. The maximum Gasteiger partial charge on any atom is 0.0855 e. The van der Waals surface area contributed by atoms with E-state index in [1.165, 1.54) is 19.3 Å². The van der Waals surface area contributed by atoms with Crippen molar-refractivity contribution in [1.29, 1.82) is 0 Å². The minimum atomic E-state index is 0.629. The Labute approximate surface area is 96.2 Å². The van der Waals surface area contributed by atoms with Crippen molar-refractivity contribution >= 4 is 17.3 Å². The third-order valence-electron chi connectivity index (χ3n) is 2.92. The summed E-state index contributed by atoms with van der Waals surface area (Å²) in [6, 6.07) is 0. The van der Waals surface area contributed by atoms with Gasteiger partial charge < -0.3 is 0 Å². The lowest BCUT2D eigenvalue weighted by molar-refractivity contribution is 0.366. The van der Waals surface area contributed by atoms with Crippen LogP contribution in [0.15, 0.2) is 33.6 Å². The second kappa shape index (κ2) is 4.83. The number of aliphatic imine (C=N–C) groups is 1. The first-order chi connectivity index (χ1) is 7.29. The van der Waals surface area contributed by atoms with Crippen molar-refractivity contribution in [2.45, 2.75) is 39.0 Å². The fourth-order valence-electron chi connectivity index (χ4n) is 1.84. The summed E-state index contributed by atoms with van der Waals surface area (Å²) >= 11 is 6.03. The molecule has 1 saturated carbocycles. The van der Waals surface area contributed by atoms with Gasteiger partial charge in [-0.2, -0.15) is 0 Å². The van der Waals surface area contributed by atoms with Crippen molar-refractivity contribution in [3.05, 3.63) is 28.6 Å². The van der Waals surface area contributed by atoms with Gasteiger partial charge in [-0.05, 0) is 25.3 Å². The smallest absolute Gasteiger partial charge is 0.0855 e. The lowest BCUT2D eigenvalue weighted by Gasteiger charge is -2.24. The van der Waals surface area contributed by atoms with Gasteiger partial charge in [0.05, 0.1) is 10.7 Å². The van der Waals surface area contributed by atoms with Crippen molar-refractivity contribution in [2.75, 3.05) is 0 Å². The molecule has 0 aromatic heterocycles. The largest absolute Gasteiger partial charge is 0.249 e. The third-order valence-corrected chi connectivity index (χ3v) is 3.14. The number of rotatable bonds is 3. The Balaban J connectivity index is 2.22. The summed E-state index contributed by atoms with van der Waals surface area (Å²) in [5.74, 6) is 0.629. The van der Waals surface area contributed by atoms with Crippen LogP contribution in [0.2, 0.25) is 0 Å². The van der Waals surface area contributed by atoms with Gasteiger partial charge in [0.1, 0.15) is 0 Å².